The molecule has 0 radical (unpaired) electrons. The van der Waals surface area contributed by atoms with Gasteiger partial charge in [0.25, 0.3) is 0 Å². The zero-order valence-corrected chi connectivity index (χ0v) is 13.6. The lowest BCUT2D eigenvalue weighted by atomic mass is 10.1. The normalized spacial score (nSPS) is 17.4. The number of sulfonamides is 1. The Morgan fingerprint density at radius 2 is 1.95 bits per heavy atom. The van der Waals surface area contributed by atoms with Crippen LogP contribution < -0.4 is 19.5 Å². The molecule has 0 unspecified atom stereocenters. The van der Waals surface area contributed by atoms with Crippen molar-refractivity contribution in [3.63, 3.8) is 0 Å². The molecule has 1 aromatic carbocycles. The number of hydrogen-bond acceptors (Lipinski definition) is 5. The highest BCUT2D eigenvalue weighted by molar-refractivity contribution is 7.89. The van der Waals surface area contributed by atoms with E-state index in [9.17, 15) is 8.42 Å². The van der Waals surface area contributed by atoms with E-state index in [2.05, 4.69) is 10.0 Å². The quantitative estimate of drug-likeness (QED) is 0.798. The Labute approximate surface area is 136 Å². The number of benzene rings is 1. The molecule has 22 heavy (non-hydrogen) atoms. The second kappa shape index (κ2) is 7.32. The second-order valence-corrected chi connectivity index (χ2v) is 6.71. The highest BCUT2D eigenvalue weighted by atomic mass is 35.5. The van der Waals surface area contributed by atoms with Gasteiger partial charge in [-0.1, -0.05) is 11.6 Å². The average molecular weight is 347 g/mol. The first kappa shape index (κ1) is 17.1. The summed E-state index contributed by atoms with van der Waals surface area (Å²) in [5, 5.41) is 3.19. The van der Waals surface area contributed by atoms with Crippen molar-refractivity contribution in [2.45, 2.75) is 11.3 Å². The van der Waals surface area contributed by atoms with Crippen molar-refractivity contribution < 1.29 is 17.9 Å². The van der Waals surface area contributed by atoms with Crippen LogP contribution in [-0.2, 0) is 10.0 Å². The molecule has 0 saturated carbocycles. The summed E-state index contributed by atoms with van der Waals surface area (Å²) in [4.78, 5) is 0.196. The molecule has 0 bridgehead atoms. The number of halogens is 1. The second-order valence-electron chi connectivity index (χ2n) is 4.95. The third kappa shape index (κ3) is 3.92. The highest BCUT2D eigenvalue weighted by Gasteiger charge is 2.19. The largest absolute Gasteiger partial charge is 0.486 e. The van der Waals surface area contributed by atoms with Crippen LogP contribution in [-0.4, -0.2) is 41.3 Å². The Bertz CT molecular complexity index is 661. The molecule has 2 aliphatic heterocycles. The molecule has 0 fully saturated rings. The van der Waals surface area contributed by atoms with Gasteiger partial charge in [0, 0.05) is 19.2 Å². The van der Waals surface area contributed by atoms with Crippen molar-refractivity contribution in [2.75, 3.05) is 32.8 Å². The van der Waals surface area contributed by atoms with Crippen molar-refractivity contribution in [1.29, 1.82) is 0 Å². The van der Waals surface area contributed by atoms with E-state index in [4.69, 9.17) is 9.47 Å². The Morgan fingerprint density at radius 1 is 1.18 bits per heavy atom. The van der Waals surface area contributed by atoms with E-state index >= 15 is 0 Å². The summed E-state index contributed by atoms with van der Waals surface area (Å²) in [5.74, 6) is 1.06. The topological polar surface area (TPSA) is 76.7 Å². The van der Waals surface area contributed by atoms with Gasteiger partial charge in [-0.15, -0.1) is 12.4 Å². The van der Waals surface area contributed by atoms with Crippen LogP contribution in [0.2, 0.25) is 0 Å². The minimum absolute atomic E-state index is 0. The molecule has 0 amide bonds. The summed E-state index contributed by atoms with van der Waals surface area (Å²) >= 11 is 0. The van der Waals surface area contributed by atoms with Gasteiger partial charge in [-0.2, -0.15) is 0 Å². The van der Waals surface area contributed by atoms with Crippen molar-refractivity contribution in [3.05, 3.63) is 29.8 Å². The molecule has 0 aliphatic carbocycles. The van der Waals surface area contributed by atoms with Crippen LogP contribution >= 0.6 is 12.4 Å². The van der Waals surface area contributed by atoms with E-state index in [0.717, 1.165) is 25.1 Å². The summed E-state index contributed by atoms with van der Waals surface area (Å²) < 4.78 is 38.1. The predicted molar refractivity (Wildman–Crippen MR) is 85.4 cm³/mol. The molecule has 6 nitrogen and oxygen atoms in total. The maximum absolute atomic E-state index is 12.3. The SMILES string of the molecule is Cl.O=S(=O)(NCC1=CCNCC1)c1ccc2c(c1)OCCO2. The predicted octanol–water partition coefficient (Wildman–Crippen LogP) is 1.08. The minimum Gasteiger partial charge on any atom is -0.486 e. The first-order valence-electron chi connectivity index (χ1n) is 6.93. The molecule has 0 atom stereocenters. The lowest BCUT2D eigenvalue weighted by Gasteiger charge is -2.19. The maximum atomic E-state index is 12.3. The Morgan fingerprint density at radius 3 is 2.68 bits per heavy atom. The number of fused-ring (bicyclic) bond motifs is 1. The van der Waals surface area contributed by atoms with Crippen molar-refractivity contribution in [1.82, 2.24) is 10.0 Å². The van der Waals surface area contributed by atoms with E-state index in [-0.39, 0.29) is 17.3 Å². The van der Waals surface area contributed by atoms with Gasteiger partial charge in [-0.25, -0.2) is 13.1 Å². The summed E-state index contributed by atoms with van der Waals surface area (Å²) in [6.07, 6.45) is 2.89. The van der Waals surface area contributed by atoms with Gasteiger partial charge in [0.1, 0.15) is 13.2 Å². The van der Waals surface area contributed by atoms with Crippen LogP contribution in [0.3, 0.4) is 0 Å². The third-order valence-electron chi connectivity index (χ3n) is 3.47. The third-order valence-corrected chi connectivity index (χ3v) is 4.87. The number of hydrogen-bond donors (Lipinski definition) is 2. The zero-order valence-electron chi connectivity index (χ0n) is 12.0. The molecule has 122 valence electrons. The molecular formula is C14H19ClN2O4S. The minimum atomic E-state index is -3.54. The van der Waals surface area contributed by atoms with Gasteiger partial charge in [0.15, 0.2) is 11.5 Å². The fourth-order valence-corrected chi connectivity index (χ4v) is 3.34. The van der Waals surface area contributed by atoms with Gasteiger partial charge in [0.2, 0.25) is 10.0 Å². The van der Waals surface area contributed by atoms with Crippen LogP contribution in [0, 0.1) is 0 Å². The van der Waals surface area contributed by atoms with Crippen LogP contribution in [0.4, 0.5) is 0 Å². The van der Waals surface area contributed by atoms with Crippen molar-refractivity contribution >= 4 is 22.4 Å². The van der Waals surface area contributed by atoms with Gasteiger partial charge < -0.3 is 14.8 Å². The molecule has 3 rings (SSSR count). The summed E-state index contributed by atoms with van der Waals surface area (Å²) in [6.45, 7) is 2.94. The van der Waals surface area contributed by atoms with Gasteiger partial charge >= 0.3 is 0 Å². The Hall–Kier alpha value is -1.28. The number of rotatable bonds is 4. The van der Waals surface area contributed by atoms with E-state index in [1.165, 1.54) is 12.1 Å². The van der Waals surface area contributed by atoms with E-state index in [1.807, 2.05) is 6.08 Å². The monoisotopic (exact) mass is 346 g/mol. The van der Waals surface area contributed by atoms with Crippen molar-refractivity contribution in [2.24, 2.45) is 0 Å². The van der Waals surface area contributed by atoms with E-state index < -0.39 is 10.0 Å². The van der Waals surface area contributed by atoms with Crippen LogP contribution in [0.15, 0.2) is 34.7 Å². The maximum Gasteiger partial charge on any atom is 0.240 e. The Kier molecular flexibility index (Phi) is 5.69. The lowest BCUT2D eigenvalue weighted by molar-refractivity contribution is 0.171. The smallest absolute Gasteiger partial charge is 0.240 e. The molecule has 2 aliphatic rings. The molecule has 8 heteroatoms. The molecule has 0 aromatic heterocycles. The summed E-state index contributed by atoms with van der Waals surface area (Å²) in [7, 11) is -3.54. The van der Waals surface area contributed by atoms with E-state index in [1.54, 1.807) is 6.07 Å². The van der Waals surface area contributed by atoms with E-state index in [0.29, 0.717) is 31.3 Å². The summed E-state index contributed by atoms with van der Waals surface area (Å²) in [5.41, 5.74) is 1.11. The van der Waals surface area contributed by atoms with Crippen LogP contribution in [0.1, 0.15) is 6.42 Å². The zero-order chi connectivity index (χ0) is 14.7. The molecule has 2 heterocycles. The number of nitrogens with one attached hydrogen (secondary N) is 2. The molecular weight excluding hydrogens is 328 g/mol. The van der Waals surface area contributed by atoms with Crippen LogP contribution in [0.5, 0.6) is 11.5 Å². The first-order valence-corrected chi connectivity index (χ1v) is 8.41. The summed E-state index contributed by atoms with van der Waals surface area (Å²) in [6, 6.07) is 4.67. The standard InChI is InChI=1S/C14H18N2O4S.ClH/c17-21(18,16-10-11-3-5-15-6-4-11)12-1-2-13-14(9-12)20-8-7-19-13;/h1-3,9,15-16H,4-8,10H2;1H. The van der Waals surface area contributed by atoms with Gasteiger partial charge in [-0.3, -0.25) is 0 Å². The lowest BCUT2D eigenvalue weighted by Crippen LogP contribution is -2.29. The first-order chi connectivity index (χ1) is 10.1. The molecule has 2 N–H and O–H groups in total. The fourth-order valence-electron chi connectivity index (χ4n) is 2.29. The number of ether oxygens (including phenoxy) is 2. The average Bonchev–Trinajstić information content (AvgIpc) is 2.53. The highest BCUT2D eigenvalue weighted by Crippen LogP contribution is 2.32. The van der Waals surface area contributed by atoms with Gasteiger partial charge in [0.05, 0.1) is 4.90 Å². The molecule has 0 spiro atoms. The molecule has 0 saturated heterocycles. The van der Waals surface area contributed by atoms with Gasteiger partial charge in [-0.05, 0) is 25.1 Å². The Balaban J connectivity index is 0.00000176. The molecule has 1 aromatic rings. The van der Waals surface area contributed by atoms with Crippen LogP contribution in [0.25, 0.3) is 0 Å². The fraction of sp³-hybridized carbons (Fsp3) is 0.429. The van der Waals surface area contributed by atoms with Crippen molar-refractivity contribution in [3.8, 4) is 11.5 Å².